The molecule has 3 unspecified atom stereocenters. The maximum absolute atomic E-state index is 12.3. The highest BCUT2D eigenvalue weighted by Gasteiger charge is 2.29. The largest absolute Gasteiger partial charge is 0.377 e. The first-order valence-corrected chi connectivity index (χ1v) is 14.3. The summed E-state index contributed by atoms with van der Waals surface area (Å²) in [4.78, 5) is 28.5. The third-order valence-corrected chi connectivity index (χ3v) is 7.90. The molecule has 4 aliphatic rings. The van der Waals surface area contributed by atoms with Crippen molar-refractivity contribution in [3.05, 3.63) is 0 Å². The predicted octanol–water partition coefficient (Wildman–Crippen LogP) is 1.80. The number of nitrogens with zero attached hydrogens (tertiary/aromatic N) is 2. The van der Waals surface area contributed by atoms with E-state index in [0.717, 1.165) is 32.5 Å². The molecule has 0 bridgehead atoms. The molecule has 9 nitrogen and oxygen atoms in total. The van der Waals surface area contributed by atoms with Crippen LogP contribution in [0.1, 0.15) is 64.2 Å². The van der Waals surface area contributed by atoms with Gasteiger partial charge in [0.2, 0.25) is 11.8 Å². The number of carbonyl (C=O) groups excluding carboxylic acids is 2. The number of carbonyl (C=O) groups is 2. The van der Waals surface area contributed by atoms with E-state index in [1.807, 2.05) is 16.8 Å². The minimum atomic E-state index is -0.210. The summed E-state index contributed by atoms with van der Waals surface area (Å²) in [6, 6.07) is -0.364. The fourth-order valence-corrected chi connectivity index (χ4v) is 5.56. The van der Waals surface area contributed by atoms with Crippen LogP contribution in [-0.2, 0) is 23.8 Å². The minimum Gasteiger partial charge on any atom is -0.377 e. The van der Waals surface area contributed by atoms with Gasteiger partial charge in [0, 0.05) is 32.8 Å². The van der Waals surface area contributed by atoms with Crippen molar-refractivity contribution in [3.63, 3.8) is 0 Å². The Morgan fingerprint density at radius 2 is 1.22 bits per heavy atom. The van der Waals surface area contributed by atoms with Gasteiger partial charge in [-0.15, -0.1) is 0 Å². The molecule has 2 amide bonds. The Hall–Kier alpha value is -1.26. The van der Waals surface area contributed by atoms with Crippen LogP contribution in [0.5, 0.6) is 0 Å². The number of hydrogen-bond acceptors (Lipinski definition) is 7. The Morgan fingerprint density at radius 3 is 1.81 bits per heavy atom. The Balaban J connectivity index is 0.000000201. The maximum atomic E-state index is 12.3. The van der Waals surface area contributed by atoms with E-state index >= 15 is 0 Å². The van der Waals surface area contributed by atoms with E-state index < -0.39 is 0 Å². The molecule has 208 valence electrons. The van der Waals surface area contributed by atoms with Gasteiger partial charge in [-0.1, -0.05) is 38.5 Å². The van der Waals surface area contributed by atoms with Crippen LogP contribution < -0.4 is 10.6 Å². The number of rotatable bonds is 6. The van der Waals surface area contributed by atoms with Crippen LogP contribution >= 0.6 is 0 Å². The molecule has 4 fully saturated rings. The summed E-state index contributed by atoms with van der Waals surface area (Å²) in [5.41, 5.74) is 0. The van der Waals surface area contributed by atoms with E-state index in [-0.39, 0.29) is 30.0 Å². The highest BCUT2D eigenvalue weighted by Crippen LogP contribution is 2.24. The fraction of sp³-hybridized carbons (Fsp3) is 0.926. The van der Waals surface area contributed by atoms with Crippen LogP contribution in [0.2, 0.25) is 0 Å². The van der Waals surface area contributed by atoms with Crippen LogP contribution in [-0.4, -0.2) is 113 Å². The molecule has 0 aromatic carbocycles. The number of hydrogen-bond donors (Lipinski definition) is 2. The SMILES string of the molecule is CNC1COCCN(CC2CCCCCC2)C1=O.CNC1COCCN(CC2CCCCCO2)C1=O. The number of amides is 2. The molecule has 3 heterocycles. The van der Waals surface area contributed by atoms with Gasteiger partial charge in [-0.25, -0.2) is 0 Å². The van der Waals surface area contributed by atoms with Crippen LogP contribution in [0.4, 0.5) is 0 Å². The second kappa shape index (κ2) is 16.6. The lowest BCUT2D eigenvalue weighted by molar-refractivity contribution is -0.134. The van der Waals surface area contributed by atoms with Crippen molar-refractivity contribution in [2.24, 2.45) is 5.92 Å². The monoisotopic (exact) mass is 510 g/mol. The molecule has 36 heavy (non-hydrogen) atoms. The zero-order valence-electron chi connectivity index (χ0n) is 22.7. The second-order valence-electron chi connectivity index (χ2n) is 10.6. The third kappa shape index (κ3) is 9.56. The van der Waals surface area contributed by atoms with E-state index in [9.17, 15) is 9.59 Å². The molecule has 4 rings (SSSR count). The van der Waals surface area contributed by atoms with Gasteiger partial charge in [-0.3, -0.25) is 9.59 Å². The smallest absolute Gasteiger partial charge is 0.242 e. The quantitative estimate of drug-likeness (QED) is 0.527. The average Bonchev–Trinajstić information content (AvgIpc) is 3.43. The molecule has 1 aliphatic carbocycles. The first-order chi connectivity index (χ1) is 17.6. The van der Waals surface area contributed by atoms with E-state index in [4.69, 9.17) is 14.2 Å². The summed E-state index contributed by atoms with van der Waals surface area (Å²) in [6.45, 7) is 6.19. The van der Waals surface area contributed by atoms with Crippen molar-refractivity contribution in [2.75, 3.05) is 73.3 Å². The lowest BCUT2D eigenvalue weighted by Gasteiger charge is -2.27. The second-order valence-corrected chi connectivity index (χ2v) is 10.6. The summed E-state index contributed by atoms with van der Waals surface area (Å²) in [5.74, 6) is 1.06. The van der Waals surface area contributed by atoms with Crippen molar-refractivity contribution >= 4 is 11.8 Å². The Kier molecular flexibility index (Phi) is 13.5. The first-order valence-electron chi connectivity index (χ1n) is 14.3. The van der Waals surface area contributed by atoms with Crippen molar-refractivity contribution in [1.29, 1.82) is 0 Å². The van der Waals surface area contributed by atoms with E-state index in [0.29, 0.717) is 45.4 Å². The van der Waals surface area contributed by atoms with Crippen LogP contribution in [0, 0.1) is 5.92 Å². The summed E-state index contributed by atoms with van der Waals surface area (Å²) in [6.07, 6.45) is 12.8. The van der Waals surface area contributed by atoms with E-state index in [2.05, 4.69) is 10.6 Å². The Bertz CT molecular complexity index is 582. The minimum absolute atomic E-state index is 0.142. The lowest BCUT2D eigenvalue weighted by atomic mass is 9.99. The number of nitrogens with one attached hydrogen (secondary N) is 2. The van der Waals surface area contributed by atoms with E-state index in [1.54, 1.807) is 7.05 Å². The summed E-state index contributed by atoms with van der Waals surface area (Å²) in [7, 11) is 3.64. The fourth-order valence-electron chi connectivity index (χ4n) is 5.56. The van der Waals surface area contributed by atoms with Gasteiger partial charge in [-0.05, 0) is 45.7 Å². The molecule has 0 aromatic heterocycles. The molecule has 0 radical (unpaired) electrons. The molecular weight excluding hydrogens is 460 g/mol. The Labute approximate surface area is 217 Å². The van der Waals surface area contributed by atoms with Gasteiger partial charge in [0.05, 0.1) is 32.5 Å². The van der Waals surface area contributed by atoms with Gasteiger partial charge in [0.15, 0.2) is 0 Å². The Morgan fingerprint density at radius 1 is 0.694 bits per heavy atom. The van der Waals surface area contributed by atoms with Gasteiger partial charge in [-0.2, -0.15) is 0 Å². The molecule has 1 saturated carbocycles. The highest BCUT2D eigenvalue weighted by atomic mass is 16.5. The summed E-state index contributed by atoms with van der Waals surface area (Å²) in [5, 5.41) is 6.07. The standard InChI is InChI=1S/C14H26N2O2.C13H24N2O3/c1-15-13-11-18-9-8-16(14(13)17)10-12-6-4-2-3-5-7-12;1-14-12-10-17-8-6-15(13(12)16)9-11-5-3-2-4-7-18-11/h12-13,15H,2-11H2,1H3;11-12,14H,2-10H2,1H3. The molecule has 0 aromatic rings. The molecule has 2 N–H and O–H groups in total. The molecular formula is C27H50N4O5. The molecule has 3 atom stereocenters. The first kappa shape index (κ1) is 29.3. The van der Waals surface area contributed by atoms with Gasteiger partial charge in [0.25, 0.3) is 0 Å². The number of ether oxygens (including phenoxy) is 3. The zero-order chi connectivity index (χ0) is 25.6. The van der Waals surface area contributed by atoms with Crippen LogP contribution in [0.25, 0.3) is 0 Å². The van der Waals surface area contributed by atoms with Gasteiger partial charge < -0.3 is 34.6 Å². The predicted molar refractivity (Wildman–Crippen MR) is 140 cm³/mol. The van der Waals surface area contributed by atoms with Crippen molar-refractivity contribution < 1.29 is 23.8 Å². The highest BCUT2D eigenvalue weighted by molar-refractivity contribution is 5.82. The van der Waals surface area contributed by atoms with Crippen molar-refractivity contribution in [2.45, 2.75) is 82.4 Å². The average molecular weight is 511 g/mol. The lowest BCUT2D eigenvalue weighted by Crippen LogP contribution is -2.48. The normalized spacial score (nSPS) is 29.4. The van der Waals surface area contributed by atoms with Gasteiger partial charge in [0.1, 0.15) is 12.1 Å². The zero-order valence-corrected chi connectivity index (χ0v) is 22.7. The summed E-state index contributed by atoms with van der Waals surface area (Å²) >= 11 is 0. The maximum Gasteiger partial charge on any atom is 0.242 e. The molecule has 9 heteroatoms. The van der Waals surface area contributed by atoms with Crippen molar-refractivity contribution in [1.82, 2.24) is 20.4 Å². The van der Waals surface area contributed by atoms with Crippen LogP contribution in [0.3, 0.4) is 0 Å². The topological polar surface area (TPSA) is 92.4 Å². The van der Waals surface area contributed by atoms with Crippen molar-refractivity contribution in [3.8, 4) is 0 Å². The summed E-state index contributed by atoms with van der Waals surface area (Å²) < 4.78 is 16.7. The number of likely N-dealkylation sites (N-methyl/N-ethyl adjacent to an activating group) is 2. The van der Waals surface area contributed by atoms with E-state index in [1.165, 1.54) is 51.4 Å². The van der Waals surface area contributed by atoms with Crippen LogP contribution in [0.15, 0.2) is 0 Å². The third-order valence-electron chi connectivity index (χ3n) is 7.90. The molecule has 0 spiro atoms. The molecule has 3 aliphatic heterocycles. The van der Waals surface area contributed by atoms with Gasteiger partial charge >= 0.3 is 0 Å². The molecule has 3 saturated heterocycles.